The summed E-state index contributed by atoms with van der Waals surface area (Å²) in [5.41, 5.74) is 0. The Morgan fingerprint density at radius 3 is 3.00 bits per heavy atom. The highest BCUT2D eigenvalue weighted by atomic mass is 16.3. The van der Waals surface area contributed by atoms with Gasteiger partial charge in [-0.2, -0.15) is 0 Å². The molecule has 0 aliphatic carbocycles. The van der Waals surface area contributed by atoms with Crippen LogP contribution in [0.3, 0.4) is 0 Å². The van der Waals surface area contributed by atoms with E-state index < -0.39 is 17.9 Å². The van der Waals surface area contributed by atoms with Gasteiger partial charge in [-0.3, -0.25) is 9.59 Å². The fraction of sp³-hybridized carbons (Fsp3) is 0.750. The fourth-order valence-electron chi connectivity index (χ4n) is 1.37. The summed E-state index contributed by atoms with van der Waals surface area (Å²) in [6, 6.07) is 0. The van der Waals surface area contributed by atoms with Gasteiger partial charge in [-0.05, 0) is 13.3 Å². The van der Waals surface area contributed by atoms with Crippen molar-refractivity contribution in [2.75, 3.05) is 13.1 Å². The third-order valence-corrected chi connectivity index (χ3v) is 2.04. The summed E-state index contributed by atoms with van der Waals surface area (Å²) in [5.74, 6) is -1.72. The lowest BCUT2D eigenvalue weighted by atomic mass is 9.94. The van der Waals surface area contributed by atoms with E-state index in [0.29, 0.717) is 19.5 Å². The molecule has 1 heterocycles. The van der Waals surface area contributed by atoms with Gasteiger partial charge >= 0.3 is 0 Å². The first-order valence-corrected chi connectivity index (χ1v) is 4.40. The molecule has 5 nitrogen and oxygen atoms in total. The fourth-order valence-corrected chi connectivity index (χ4v) is 1.37. The molecule has 13 heavy (non-hydrogen) atoms. The summed E-state index contributed by atoms with van der Waals surface area (Å²) in [6.07, 6.45) is -0.409. The van der Waals surface area contributed by atoms with Gasteiger partial charge in [0.15, 0.2) is 0 Å². The first-order chi connectivity index (χ1) is 6.16. The molecule has 1 rings (SSSR count). The molecule has 0 radical (unpaired) electrons. The van der Waals surface area contributed by atoms with Gasteiger partial charge in [0.05, 0.1) is 6.10 Å². The van der Waals surface area contributed by atoms with Gasteiger partial charge < -0.3 is 15.7 Å². The minimum absolute atomic E-state index is 0.385. The van der Waals surface area contributed by atoms with Crippen molar-refractivity contribution in [1.82, 2.24) is 10.6 Å². The summed E-state index contributed by atoms with van der Waals surface area (Å²) in [4.78, 5) is 22.5. The Labute approximate surface area is 76.5 Å². The minimum atomic E-state index is -0.936. The molecule has 0 aromatic carbocycles. The van der Waals surface area contributed by atoms with Gasteiger partial charge in [-0.1, -0.05) is 0 Å². The van der Waals surface area contributed by atoms with Crippen LogP contribution >= 0.6 is 0 Å². The van der Waals surface area contributed by atoms with E-state index in [0.717, 1.165) is 0 Å². The lowest BCUT2D eigenvalue weighted by Gasteiger charge is -2.25. The largest absolute Gasteiger partial charge is 0.392 e. The van der Waals surface area contributed by atoms with Crippen molar-refractivity contribution in [3.05, 3.63) is 0 Å². The molecular weight excluding hydrogens is 172 g/mol. The predicted molar refractivity (Wildman–Crippen MR) is 45.8 cm³/mol. The van der Waals surface area contributed by atoms with Crippen molar-refractivity contribution in [2.24, 2.45) is 5.92 Å². The summed E-state index contributed by atoms with van der Waals surface area (Å²) in [7, 11) is 0. The molecule has 0 spiro atoms. The van der Waals surface area contributed by atoms with E-state index in [1.54, 1.807) is 6.92 Å². The van der Waals surface area contributed by atoms with Gasteiger partial charge in [0.2, 0.25) is 11.8 Å². The average molecular weight is 186 g/mol. The van der Waals surface area contributed by atoms with E-state index in [4.69, 9.17) is 0 Å². The maximum Gasteiger partial charge on any atom is 0.235 e. The van der Waals surface area contributed by atoms with E-state index in [1.165, 1.54) is 0 Å². The quantitative estimate of drug-likeness (QED) is 0.465. The first kappa shape index (κ1) is 9.98. The molecule has 0 saturated carbocycles. The van der Waals surface area contributed by atoms with Crippen molar-refractivity contribution < 1.29 is 14.7 Å². The standard InChI is InChI=1S/C8H14N2O3/c1-2-9-7(12)6-5(11)3-4-10-8(6)13/h5-6,11H,2-4H2,1H3,(H,9,12)(H,10,13). The van der Waals surface area contributed by atoms with Crippen molar-refractivity contribution in [3.8, 4) is 0 Å². The third-order valence-electron chi connectivity index (χ3n) is 2.04. The number of rotatable bonds is 2. The van der Waals surface area contributed by atoms with Gasteiger partial charge in [0.25, 0.3) is 0 Å². The molecule has 2 amide bonds. The van der Waals surface area contributed by atoms with Crippen molar-refractivity contribution in [2.45, 2.75) is 19.4 Å². The zero-order valence-electron chi connectivity index (χ0n) is 7.54. The molecule has 0 aromatic rings. The molecule has 1 aliphatic rings. The Kier molecular flexibility index (Phi) is 3.25. The molecule has 5 heteroatoms. The van der Waals surface area contributed by atoms with E-state index in [1.807, 2.05) is 0 Å². The monoisotopic (exact) mass is 186 g/mol. The number of amides is 2. The van der Waals surface area contributed by atoms with Crippen LogP contribution in [0.2, 0.25) is 0 Å². The number of aliphatic hydroxyl groups is 1. The predicted octanol–water partition coefficient (Wildman–Crippen LogP) is -1.38. The molecular formula is C8H14N2O3. The molecule has 2 unspecified atom stereocenters. The highest BCUT2D eigenvalue weighted by molar-refractivity contribution is 6.01. The number of aliphatic hydroxyl groups excluding tert-OH is 1. The Morgan fingerprint density at radius 1 is 1.77 bits per heavy atom. The Bertz CT molecular complexity index is 217. The van der Waals surface area contributed by atoms with Crippen LogP contribution in [0.5, 0.6) is 0 Å². The lowest BCUT2D eigenvalue weighted by molar-refractivity contribution is -0.142. The van der Waals surface area contributed by atoms with Crippen LogP contribution in [-0.4, -0.2) is 36.1 Å². The maximum atomic E-state index is 11.3. The highest BCUT2D eigenvalue weighted by Gasteiger charge is 2.36. The Hall–Kier alpha value is -1.10. The summed E-state index contributed by atoms with van der Waals surface area (Å²) >= 11 is 0. The van der Waals surface area contributed by atoms with Gasteiger partial charge in [-0.25, -0.2) is 0 Å². The molecule has 3 N–H and O–H groups in total. The molecule has 1 aliphatic heterocycles. The molecule has 1 saturated heterocycles. The van der Waals surface area contributed by atoms with Crippen molar-refractivity contribution in [3.63, 3.8) is 0 Å². The van der Waals surface area contributed by atoms with Gasteiger partial charge in [0.1, 0.15) is 5.92 Å². The molecule has 0 bridgehead atoms. The van der Waals surface area contributed by atoms with Crippen LogP contribution in [-0.2, 0) is 9.59 Å². The van der Waals surface area contributed by atoms with Crippen LogP contribution in [0.15, 0.2) is 0 Å². The SMILES string of the molecule is CCNC(=O)C1C(=O)NCCC1O. The number of nitrogens with one attached hydrogen (secondary N) is 2. The second kappa shape index (κ2) is 4.23. The highest BCUT2D eigenvalue weighted by Crippen LogP contribution is 2.12. The van der Waals surface area contributed by atoms with E-state index in [2.05, 4.69) is 10.6 Å². The molecule has 74 valence electrons. The second-order valence-electron chi connectivity index (χ2n) is 3.02. The van der Waals surface area contributed by atoms with Gasteiger partial charge in [0, 0.05) is 13.1 Å². The van der Waals surface area contributed by atoms with Crippen molar-refractivity contribution in [1.29, 1.82) is 0 Å². The number of carbonyl (C=O) groups excluding carboxylic acids is 2. The lowest BCUT2D eigenvalue weighted by Crippen LogP contribution is -2.51. The number of hydrogen-bond donors (Lipinski definition) is 3. The zero-order chi connectivity index (χ0) is 9.84. The number of piperidine rings is 1. The van der Waals surface area contributed by atoms with Crippen LogP contribution in [0.4, 0.5) is 0 Å². The molecule has 2 atom stereocenters. The summed E-state index contributed by atoms with van der Waals surface area (Å²) in [6.45, 7) is 2.68. The molecule has 1 fully saturated rings. The van der Waals surface area contributed by atoms with E-state index in [9.17, 15) is 14.7 Å². The van der Waals surface area contributed by atoms with E-state index >= 15 is 0 Å². The molecule has 0 aromatic heterocycles. The van der Waals surface area contributed by atoms with E-state index in [-0.39, 0.29) is 5.91 Å². The first-order valence-electron chi connectivity index (χ1n) is 4.40. The van der Waals surface area contributed by atoms with Gasteiger partial charge in [-0.15, -0.1) is 0 Å². The van der Waals surface area contributed by atoms with Crippen LogP contribution in [0, 0.1) is 5.92 Å². The zero-order valence-corrected chi connectivity index (χ0v) is 7.54. The normalized spacial score (nSPS) is 28.0. The number of carbonyl (C=O) groups is 2. The maximum absolute atomic E-state index is 11.3. The smallest absolute Gasteiger partial charge is 0.235 e. The van der Waals surface area contributed by atoms with Crippen LogP contribution in [0.25, 0.3) is 0 Å². The topological polar surface area (TPSA) is 78.4 Å². The van der Waals surface area contributed by atoms with Crippen LogP contribution < -0.4 is 10.6 Å². The summed E-state index contributed by atoms with van der Waals surface area (Å²) in [5, 5.41) is 14.5. The Balaban J connectivity index is 2.62. The summed E-state index contributed by atoms with van der Waals surface area (Å²) < 4.78 is 0. The number of hydrogen-bond acceptors (Lipinski definition) is 3. The third kappa shape index (κ3) is 2.18. The Morgan fingerprint density at radius 2 is 2.46 bits per heavy atom. The average Bonchev–Trinajstić information content (AvgIpc) is 2.04. The second-order valence-corrected chi connectivity index (χ2v) is 3.02. The van der Waals surface area contributed by atoms with Crippen molar-refractivity contribution >= 4 is 11.8 Å². The van der Waals surface area contributed by atoms with Crippen LogP contribution in [0.1, 0.15) is 13.3 Å². The minimum Gasteiger partial charge on any atom is -0.392 e.